The molecule has 1 unspecified atom stereocenters. The number of H-pyrrole nitrogens is 1. The van der Waals surface area contributed by atoms with Gasteiger partial charge in [-0.25, -0.2) is 9.48 Å². The van der Waals surface area contributed by atoms with Crippen LogP contribution in [0.1, 0.15) is 34.2 Å². The second kappa shape index (κ2) is 13.6. The van der Waals surface area contributed by atoms with Gasteiger partial charge in [-0.05, 0) is 36.5 Å². The zero-order valence-corrected chi connectivity index (χ0v) is 26.1. The Hall–Kier alpha value is -4.68. The van der Waals surface area contributed by atoms with E-state index < -0.39 is 41.4 Å². The summed E-state index contributed by atoms with van der Waals surface area (Å²) in [5.74, 6) is 0. The van der Waals surface area contributed by atoms with Crippen molar-refractivity contribution in [1.82, 2.24) is 24.5 Å². The molecular weight excluding hydrogens is 598 g/mol. The number of nitrogens with one attached hydrogen (secondary N) is 1. The molecule has 5 atom stereocenters. The number of hydrogen-bond donors (Lipinski definition) is 1. The van der Waals surface area contributed by atoms with E-state index in [1.165, 1.54) is 16.3 Å². The van der Waals surface area contributed by atoms with Crippen LogP contribution < -0.4 is 11.2 Å². The zero-order valence-electron chi connectivity index (χ0n) is 26.1. The largest absolute Gasteiger partial charge is 0.374 e. The predicted octanol–water partition coefficient (Wildman–Crippen LogP) is 3.76. The van der Waals surface area contributed by atoms with Gasteiger partial charge in [-0.2, -0.15) is 0 Å². The summed E-state index contributed by atoms with van der Waals surface area (Å²) in [5.41, 5.74) is 2.35. The highest BCUT2D eigenvalue weighted by Gasteiger charge is 2.68. The molecule has 0 radical (unpaired) electrons. The number of aromatic nitrogens is 5. The zero-order chi connectivity index (χ0) is 32.2. The van der Waals surface area contributed by atoms with Crippen molar-refractivity contribution in [2.75, 3.05) is 6.61 Å². The van der Waals surface area contributed by atoms with Crippen molar-refractivity contribution in [2.24, 2.45) is 0 Å². The summed E-state index contributed by atoms with van der Waals surface area (Å²) in [4.78, 5) is 27.7. The maximum absolute atomic E-state index is 13.1. The van der Waals surface area contributed by atoms with Gasteiger partial charge in [-0.1, -0.05) is 96.2 Å². The SMILES string of the molecule is Cc1cn([C@@H]2O[C@@]3(COCc4ccccc4)[C@@H](Cn4cc(CCc5ccccc5)nn4)OC2[C@@H]3OCc2ccccc2)c(=O)[nH]c1=O. The van der Waals surface area contributed by atoms with Crippen LogP contribution >= 0.6 is 0 Å². The van der Waals surface area contributed by atoms with Gasteiger partial charge in [0.25, 0.3) is 5.56 Å². The maximum atomic E-state index is 13.1. The first kappa shape index (κ1) is 30.9. The Morgan fingerprint density at radius 1 is 0.851 bits per heavy atom. The number of aromatic amines is 1. The average molecular weight is 636 g/mol. The van der Waals surface area contributed by atoms with Crippen molar-refractivity contribution in [1.29, 1.82) is 0 Å². The molecule has 47 heavy (non-hydrogen) atoms. The molecule has 4 heterocycles. The smallest absolute Gasteiger partial charge is 0.330 e. The molecule has 0 aliphatic carbocycles. The Kier molecular flexibility index (Phi) is 8.94. The van der Waals surface area contributed by atoms with E-state index in [1.54, 1.807) is 11.6 Å². The first-order valence-corrected chi connectivity index (χ1v) is 15.8. The Morgan fingerprint density at radius 2 is 1.51 bits per heavy atom. The van der Waals surface area contributed by atoms with E-state index in [9.17, 15) is 9.59 Å². The molecular formula is C36H37N5O6. The van der Waals surface area contributed by atoms with Crippen LogP contribution in [0.15, 0.2) is 113 Å². The van der Waals surface area contributed by atoms with Gasteiger partial charge in [-0.15, -0.1) is 5.10 Å². The van der Waals surface area contributed by atoms with E-state index in [4.69, 9.17) is 18.9 Å². The van der Waals surface area contributed by atoms with Crippen LogP contribution in [0.3, 0.4) is 0 Å². The molecule has 2 aromatic heterocycles. The minimum absolute atomic E-state index is 0.131. The highest BCUT2D eigenvalue weighted by Crippen LogP contribution is 2.51. The molecule has 3 aromatic carbocycles. The van der Waals surface area contributed by atoms with Gasteiger partial charge in [0.15, 0.2) is 11.8 Å². The second-order valence-electron chi connectivity index (χ2n) is 12.1. The molecule has 7 rings (SSSR count). The van der Waals surface area contributed by atoms with Crippen LogP contribution in [0.5, 0.6) is 0 Å². The lowest BCUT2D eigenvalue weighted by Gasteiger charge is -2.38. The van der Waals surface area contributed by atoms with Crippen molar-refractivity contribution in [3.63, 3.8) is 0 Å². The molecule has 2 aliphatic heterocycles. The highest BCUT2D eigenvalue weighted by molar-refractivity contribution is 5.19. The number of aryl methyl sites for hydroxylation is 3. The average Bonchev–Trinajstić information content (AvgIpc) is 3.76. The van der Waals surface area contributed by atoms with Gasteiger partial charge in [0.1, 0.15) is 18.3 Å². The van der Waals surface area contributed by atoms with E-state index in [0.717, 1.165) is 29.7 Å². The molecule has 0 spiro atoms. The molecule has 2 bridgehead atoms. The monoisotopic (exact) mass is 635 g/mol. The van der Waals surface area contributed by atoms with Crippen LogP contribution in [0, 0.1) is 6.92 Å². The summed E-state index contributed by atoms with van der Waals surface area (Å²) >= 11 is 0. The summed E-state index contributed by atoms with van der Waals surface area (Å²) < 4.78 is 29.7. The van der Waals surface area contributed by atoms with Gasteiger partial charge in [0.2, 0.25) is 0 Å². The Labute approximate surface area is 271 Å². The standard InChI is InChI=1S/C36H37N5O6/c1-25-19-41(35(43)37-33(25)42)34-31-32(45-23-28-15-9-4-10-16-28)36(47-34,24-44-22-27-13-7-3-8-14-27)30(46-31)21-40-20-29(38-39-40)18-17-26-11-5-2-6-12-26/h2-16,19-20,30-32,34H,17-18,21-24H2,1H3,(H,37,42,43)/t30-,31?,32+,34-,36+/m1/s1. The van der Waals surface area contributed by atoms with Crippen LogP contribution in [-0.2, 0) is 51.5 Å². The molecule has 11 nitrogen and oxygen atoms in total. The molecule has 5 aromatic rings. The van der Waals surface area contributed by atoms with Gasteiger partial charge >= 0.3 is 5.69 Å². The van der Waals surface area contributed by atoms with Crippen molar-refractivity contribution < 1.29 is 18.9 Å². The van der Waals surface area contributed by atoms with Gasteiger partial charge < -0.3 is 18.9 Å². The normalized spacial score (nSPS) is 23.3. The number of fused-ring (bicyclic) bond motifs is 2. The minimum Gasteiger partial charge on any atom is -0.374 e. The summed E-state index contributed by atoms with van der Waals surface area (Å²) in [6, 6.07) is 30.0. The lowest BCUT2D eigenvalue weighted by molar-refractivity contribution is -0.234. The Balaban J connectivity index is 1.18. The molecule has 2 fully saturated rings. The molecule has 2 saturated heterocycles. The van der Waals surface area contributed by atoms with Gasteiger partial charge in [0.05, 0.1) is 32.1 Å². The maximum Gasteiger partial charge on any atom is 0.330 e. The fourth-order valence-corrected chi connectivity index (χ4v) is 6.41. The van der Waals surface area contributed by atoms with Crippen LogP contribution in [0.4, 0.5) is 0 Å². The van der Waals surface area contributed by atoms with E-state index >= 15 is 0 Å². The minimum atomic E-state index is -1.11. The number of hydrogen-bond acceptors (Lipinski definition) is 8. The molecule has 242 valence electrons. The third-order valence-electron chi connectivity index (χ3n) is 8.85. The lowest BCUT2D eigenvalue weighted by atomic mass is 9.92. The van der Waals surface area contributed by atoms with E-state index in [2.05, 4.69) is 27.4 Å². The number of nitrogens with zero attached hydrogens (tertiary/aromatic N) is 4. The second-order valence-corrected chi connectivity index (χ2v) is 12.1. The Bertz CT molecular complexity index is 1890. The van der Waals surface area contributed by atoms with E-state index in [-0.39, 0.29) is 6.61 Å². The quantitative estimate of drug-likeness (QED) is 0.208. The number of benzene rings is 3. The van der Waals surface area contributed by atoms with Crippen molar-refractivity contribution in [2.45, 2.75) is 69.7 Å². The first-order chi connectivity index (χ1) is 23.0. The van der Waals surface area contributed by atoms with Crippen molar-refractivity contribution in [3.05, 3.63) is 152 Å². The van der Waals surface area contributed by atoms with Crippen LogP contribution in [-0.4, -0.2) is 55.1 Å². The van der Waals surface area contributed by atoms with Crippen molar-refractivity contribution >= 4 is 0 Å². The van der Waals surface area contributed by atoms with E-state index in [1.807, 2.05) is 85.1 Å². The van der Waals surface area contributed by atoms with Crippen LogP contribution in [0.2, 0.25) is 0 Å². The summed E-state index contributed by atoms with van der Waals surface area (Å²) in [6.07, 6.45) is 2.38. The molecule has 0 saturated carbocycles. The summed E-state index contributed by atoms with van der Waals surface area (Å²) in [6.45, 7) is 2.77. The number of rotatable bonds is 13. The van der Waals surface area contributed by atoms with Crippen molar-refractivity contribution in [3.8, 4) is 0 Å². The third kappa shape index (κ3) is 6.61. The Morgan fingerprint density at radius 3 is 2.21 bits per heavy atom. The molecule has 2 aliphatic rings. The van der Waals surface area contributed by atoms with Gasteiger partial charge in [-0.3, -0.25) is 14.3 Å². The highest BCUT2D eigenvalue weighted by atomic mass is 16.7. The lowest BCUT2D eigenvalue weighted by Crippen LogP contribution is -2.54. The number of ether oxygens (including phenoxy) is 4. The fraction of sp³-hybridized carbons (Fsp3) is 0.333. The third-order valence-corrected chi connectivity index (χ3v) is 8.85. The molecule has 1 N–H and O–H groups in total. The van der Waals surface area contributed by atoms with Gasteiger partial charge in [0, 0.05) is 18.0 Å². The van der Waals surface area contributed by atoms with Crippen LogP contribution in [0.25, 0.3) is 0 Å². The summed E-state index contributed by atoms with van der Waals surface area (Å²) in [7, 11) is 0. The van der Waals surface area contributed by atoms with E-state index in [0.29, 0.717) is 25.3 Å². The molecule has 11 heteroatoms. The summed E-state index contributed by atoms with van der Waals surface area (Å²) in [5, 5.41) is 8.84. The molecule has 0 amide bonds. The first-order valence-electron chi connectivity index (χ1n) is 15.8. The predicted molar refractivity (Wildman–Crippen MR) is 173 cm³/mol. The fourth-order valence-electron chi connectivity index (χ4n) is 6.41. The topological polar surface area (TPSA) is 122 Å².